The van der Waals surface area contributed by atoms with Crippen molar-refractivity contribution in [2.75, 3.05) is 7.05 Å². The molecular weight excluding hydrogens is 228 g/mol. The molecule has 0 atom stereocenters. The normalized spacial score (nSPS) is 11.2. The maximum Gasteiger partial charge on any atom is 0.318 e. The van der Waals surface area contributed by atoms with Crippen molar-refractivity contribution in [3.05, 3.63) is 16.6 Å². The maximum absolute atomic E-state index is 11.9. The van der Waals surface area contributed by atoms with Gasteiger partial charge in [0.1, 0.15) is 5.41 Å². The van der Waals surface area contributed by atoms with E-state index >= 15 is 0 Å². The standard InChI is InChI=1S/C10H14N2O3S/c1-10(2,9(14)15)8(13)12(3)4-7-5-16-6-11-7/h5-6H,4H2,1-3H3,(H,14,15). The van der Waals surface area contributed by atoms with E-state index in [1.165, 1.54) is 30.1 Å². The van der Waals surface area contributed by atoms with E-state index in [2.05, 4.69) is 4.98 Å². The van der Waals surface area contributed by atoms with Crippen molar-refractivity contribution >= 4 is 23.2 Å². The van der Waals surface area contributed by atoms with Crippen LogP contribution in [0.5, 0.6) is 0 Å². The molecule has 0 saturated heterocycles. The Morgan fingerprint density at radius 2 is 2.19 bits per heavy atom. The second-order valence-corrected chi connectivity index (χ2v) is 4.79. The van der Waals surface area contributed by atoms with E-state index in [0.717, 1.165) is 5.69 Å². The number of aromatic nitrogens is 1. The fourth-order valence-electron chi connectivity index (χ4n) is 1.20. The van der Waals surface area contributed by atoms with Crippen molar-refractivity contribution in [1.82, 2.24) is 9.88 Å². The molecular formula is C10H14N2O3S. The summed E-state index contributed by atoms with van der Waals surface area (Å²) in [6.45, 7) is 3.13. The lowest BCUT2D eigenvalue weighted by Gasteiger charge is -2.25. The highest BCUT2D eigenvalue weighted by Gasteiger charge is 2.38. The molecule has 1 N–H and O–H groups in total. The van der Waals surface area contributed by atoms with Gasteiger partial charge in [0.05, 0.1) is 17.7 Å². The summed E-state index contributed by atoms with van der Waals surface area (Å²) >= 11 is 1.44. The predicted octanol–water partition coefficient (Wildman–Crippen LogP) is 1.21. The summed E-state index contributed by atoms with van der Waals surface area (Å²) < 4.78 is 0. The van der Waals surface area contributed by atoms with Gasteiger partial charge in [0.2, 0.25) is 5.91 Å². The number of carbonyl (C=O) groups excluding carboxylic acids is 1. The van der Waals surface area contributed by atoms with Crippen LogP contribution < -0.4 is 0 Å². The van der Waals surface area contributed by atoms with Crippen LogP contribution in [0.25, 0.3) is 0 Å². The van der Waals surface area contributed by atoms with Crippen LogP contribution in [0.3, 0.4) is 0 Å². The molecule has 1 aromatic rings. The lowest BCUT2D eigenvalue weighted by Crippen LogP contribution is -2.43. The van der Waals surface area contributed by atoms with Gasteiger partial charge in [-0.05, 0) is 13.8 Å². The van der Waals surface area contributed by atoms with E-state index in [-0.39, 0.29) is 0 Å². The van der Waals surface area contributed by atoms with Crippen LogP contribution in [0.4, 0.5) is 0 Å². The molecule has 5 nitrogen and oxygen atoms in total. The van der Waals surface area contributed by atoms with E-state index in [1.54, 1.807) is 12.6 Å². The lowest BCUT2D eigenvalue weighted by atomic mass is 9.92. The van der Waals surface area contributed by atoms with Crippen LogP contribution in [0, 0.1) is 5.41 Å². The zero-order chi connectivity index (χ0) is 12.3. The number of carboxylic acid groups (broad SMARTS) is 1. The van der Waals surface area contributed by atoms with Gasteiger partial charge in [-0.15, -0.1) is 11.3 Å². The average molecular weight is 242 g/mol. The molecule has 1 heterocycles. The number of aliphatic carboxylic acids is 1. The maximum atomic E-state index is 11.9. The number of amides is 1. The molecule has 1 amide bonds. The Bertz CT molecular complexity index is 387. The first-order chi connectivity index (χ1) is 7.35. The Morgan fingerprint density at radius 3 is 2.62 bits per heavy atom. The van der Waals surface area contributed by atoms with Gasteiger partial charge in [0.15, 0.2) is 0 Å². The minimum absolute atomic E-state index is 0.332. The van der Waals surface area contributed by atoms with Crippen molar-refractivity contribution in [2.24, 2.45) is 5.41 Å². The second-order valence-electron chi connectivity index (χ2n) is 4.07. The van der Waals surface area contributed by atoms with Crippen molar-refractivity contribution in [2.45, 2.75) is 20.4 Å². The highest BCUT2D eigenvalue weighted by Crippen LogP contribution is 2.19. The van der Waals surface area contributed by atoms with Crippen LogP contribution in [0.15, 0.2) is 10.9 Å². The van der Waals surface area contributed by atoms with Crippen molar-refractivity contribution in [3.8, 4) is 0 Å². The Hall–Kier alpha value is -1.43. The molecule has 1 rings (SSSR count). The fourth-order valence-corrected chi connectivity index (χ4v) is 1.75. The molecule has 0 saturated carbocycles. The number of nitrogens with zero attached hydrogens (tertiary/aromatic N) is 2. The van der Waals surface area contributed by atoms with Gasteiger partial charge >= 0.3 is 5.97 Å². The van der Waals surface area contributed by atoms with Gasteiger partial charge in [-0.3, -0.25) is 9.59 Å². The third kappa shape index (κ3) is 2.57. The van der Waals surface area contributed by atoms with Crippen molar-refractivity contribution < 1.29 is 14.7 Å². The molecule has 0 aliphatic heterocycles. The van der Waals surface area contributed by atoms with Gasteiger partial charge in [-0.25, -0.2) is 4.98 Å². The number of carboxylic acids is 1. The number of hydrogen-bond acceptors (Lipinski definition) is 4. The second kappa shape index (κ2) is 4.61. The summed E-state index contributed by atoms with van der Waals surface area (Å²) in [7, 11) is 1.58. The summed E-state index contributed by atoms with van der Waals surface area (Å²) in [5, 5.41) is 10.8. The highest BCUT2D eigenvalue weighted by molar-refractivity contribution is 7.07. The van der Waals surface area contributed by atoms with E-state index in [9.17, 15) is 9.59 Å². The molecule has 0 spiro atoms. The van der Waals surface area contributed by atoms with E-state index < -0.39 is 17.3 Å². The van der Waals surface area contributed by atoms with Crippen molar-refractivity contribution in [1.29, 1.82) is 0 Å². The van der Waals surface area contributed by atoms with E-state index in [4.69, 9.17) is 5.11 Å². The number of thiazole rings is 1. The summed E-state index contributed by atoms with van der Waals surface area (Å²) in [5.41, 5.74) is 1.04. The first-order valence-corrected chi connectivity index (χ1v) is 5.66. The third-order valence-electron chi connectivity index (χ3n) is 2.30. The van der Waals surface area contributed by atoms with Gasteiger partial charge in [0.25, 0.3) is 0 Å². The van der Waals surface area contributed by atoms with Gasteiger partial charge < -0.3 is 10.0 Å². The van der Waals surface area contributed by atoms with Crippen LogP contribution in [0.1, 0.15) is 19.5 Å². The number of rotatable bonds is 4. The molecule has 0 aromatic carbocycles. The van der Waals surface area contributed by atoms with Crippen LogP contribution in [-0.2, 0) is 16.1 Å². The molecule has 88 valence electrons. The zero-order valence-corrected chi connectivity index (χ0v) is 10.2. The fraction of sp³-hybridized carbons (Fsp3) is 0.500. The highest BCUT2D eigenvalue weighted by atomic mass is 32.1. The molecule has 16 heavy (non-hydrogen) atoms. The SMILES string of the molecule is CN(Cc1cscn1)C(=O)C(C)(C)C(=O)O. The molecule has 0 bridgehead atoms. The molecule has 0 fully saturated rings. The average Bonchev–Trinajstić information content (AvgIpc) is 2.68. The first-order valence-electron chi connectivity index (χ1n) is 4.71. The summed E-state index contributed by atoms with van der Waals surface area (Å²) in [6.07, 6.45) is 0. The van der Waals surface area contributed by atoms with Gasteiger partial charge in [-0.2, -0.15) is 0 Å². The Kier molecular flexibility index (Phi) is 3.64. The first kappa shape index (κ1) is 12.6. The quantitative estimate of drug-likeness (QED) is 0.806. The summed E-state index contributed by atoms with van der Waals surface area (Å²) in [4.78, 5) is 28.2. The smallest absolute Gasteiger partial charge is 0.318 e. The minimum atomic E-state index is -1.40. The lowest BCUT2D eigenvalue weighted by molar-refractivity contribution is -0.157. The molecule has 1 aromatic heterocycles. The minimum Gasteiger partial charge on any atom is -0.480 e. The third-order valence-corrected chi connectivity index (χ3v) is 2.93. The summed E-state index contributed by atoms with van der Waals surface area (Å²) in [5.74, 6) is -1.55. The Morgan fingerprint density at radius 1 is 1.56 bits per heavy atom. The molecule has 0 radical (unpaired) electrons. The topological polar surface area (TPSA) is 70.5 Å². The summed E-state index contributed by atoms with van der Waals surface area (Å²) in [6, 6.07) is 0. The molecule has 0 unspecified atom stereocenters. The van der Waals surface area contributed by atoms with Crippen LogP contribution in [-0.4, -0.2) is 33.9 Å². The van der Waals surface area contributed by atoms with E-state index in [1.807, 2.05) is 5.38 Å². The van der Waals surface area contributed by atoms with Crippen LogP contribution >= 0.6 is 11.3 Å². The largest absolute Gasteiger partial charge is 0.480 e. The zero-order valence-electron chi connectivity index (χ0n) is 9.43. The molecule has 6 heteroatoms. The van der Waals surface area contributed by atoms with Crippen molar-refractivity contribution in [3.63, 3.8) is 0 Å². The van der Waals surface area contributed by atoms with Gasteiger partial charge in [0, 0.05) is 12.4 Å². The number of hydrogen-bond donors (Lipinski definition) is 1. The predicted molar refractivity (Wildman–Crippen MR) is 60.0 cm³/mol. The van der Waals surface area contributed by atoms with E-state index in [0.29, 0.717) is 6.54 Å². The molecule has 0 aliphatic carbocycles. The monoisotopic (exact) mass is 242 g/mol. The van der Waals surface area contributed by atoms with Crippen LogP contribution in [0.2, 0.25) is 0 Å². The Labute approximate surface area is 97.7 Å². The number of carbonyl (C=O) groups is 2. The molecule has 0 aliphatic rings. The Balaban J connectivity index is 2.71. The van der Waals surface area contributed by atoms with Gasteiger partial charge in [-0.1, -0.05) is 0 Å².